The molecule has 5 nitrogen and oxygen atoms in total. The molecule has 0 saturated heterocycles. The van der Waals surface area contributed by atoms with Gasteiger partial charge in [-0.15, -0.1) is 0 Å². The molecule has 2 rings (SSSR count). The lowest BCUT2D eigenvalue weighted by Crippen LogP contribution is -2.06. The zero-order chi connectivity index (χ0) is 13.7. The van der Waals surface area contributed by atoms with Crippen molar-refractivity contribution in [2.24, 2.45) is 7.05 Å². The number of hydrogen-bond acceptors (Lipinski definition) is 4. The van der Waals surface area contributed by atoms with E-state index in [0.717, 1.165) is 12.1 Å². The van der Waals surface area contributed by atoms with Gasteiger partial charge in [-0.25, -0.2) is 0 Å². The molecule has 0 fully saturated rings. The van der Waals surface area contributed by atoms with Crippen LogP contribution in [0.15, 0.2) is 30.5 Å². The van der Waals surface area contributed by atoms with Gasteiger partial charge in [0.15, 0.2) is 11.5 Å². The van der Waals surface area contributed by atoms with Gasteiger partial charge in [0.1, 0.15) is 0 Å². The fraction of sp³-hybridized carbons (Fsp3) is 0.286. The third-order valence-corrected chi connectivity index (χ3v) is 2.83. The molecule has 1 aromatic carbocycles. The number of aryl methyl sites for hydroxylation is 1. The van der Waals surface area contributed by atoms with Crippen molar-refractivity contribution in [1.82, 2.24) is 9.78 Å². The summed E-state index contributed by atoms with van der Waals surface area (Å²) in [6.07, 6.45) is 2.53. The van der Waals surface area contributed by atoms with E-state index in [2.05, 4.69) is 11.2 Å². The van der Waals surface area contributed by atoms with E-state index >= 15 is 0 Å². The fourth-order valence-corrected chi connectivity index (χ4v) is 1.77. The first-order chi connectivity index (χ1) is 9.24. The Balaban J connectivity index is 2.00. The van der Waals surface area contributed by atoms with Crippen LogP contribution in [0.2, 0.25) is 0 Å². The van der Waals surface area contributed by atoms with Gasteiger partial charge >= 0.3 is 0 Å². The monoisotopic (exact) mass is 257 g/mol. The lowest BCUT2D eigenvalue weighted by molar-refractivity contribution is 0.295. The van der Waals surface area contributed by atoms with Crippen molar-refractivity contribution in [3.05, 3.63) is 41.7 Å². The number of nitrogens with zero attached hydrogens (tertiary/aromatic N) is 3. The maximum absolute atomic E-state index is 8.82. The molecular formula is C14H15N3O2. The van der Waals surface area contributed by atoms with Crippen LogP contribution < -0.4 is 9.47 Å². The van der Waals surface area contributed by atoms with Crippen LogP contribution in [-0.4, -0.2) is 23.5 Å². The SMILES string of the molecule is COc1cc(C#N)ccc1OCCc1ccnn1C. The molecule has 0 atom stereocenters. The zero-order valence-electron chi connectivity index (χ0n) is 11.0. The first-order valence-corrected chi connectivity index (χ1v) is 5.92. The lowest BCUT2D eigenvalue weighted by atomic mass is 10.2. The van der Waals surface area contributed by atoms with Gasteiger partial charge in [0.05, 0.1) is 25.3 Å². The number of rotatable bonds is 5. The van der Waals surface area contributed by atoms with Crippen molar-refractivity contribution in [2.45, 2.75) is 6.42 Å². The van der Waals surface area contributed by atoms with Crippen LogP contribution in [-0.2, 0) is 13.5 Å². The summed E-state index contributed by atoms with van der Waals surface area (Å²) in [6.45, 7) is 0.530. The molecule has 98 valence electrons. The Kier molecular flexibility index (Phi) is 4.04. The molecule has 0 radical (unpaired) electrons. The minimum Gasteiger partial charge on any atom is -0.493 e. The summed E-state index contributed by atoms with van der Waals surface area (Å²) >= 11 is 0. The third kappa shape index (κ3) is 3.05. The maximum atomic E-state index is 8.82. The Morgan fingerprint density at radius 2 is 2.16 bits per heavy atom. The van der Waals surface area contributed by atoms with Gasteiger partial charge in [-0.3, -0.25) is 4.68 Å². The van der Waals surface area contributed by atoms with E-state index in [0.29, 0.717) is 23.7 Å². The highest BCUT2D eigenvalue weighted by atomic mass is 16.5. The Hall–Kier alpha value is -2.48. The summed E-state index contributed by atoms with van der Waals surface area (Å²) in [5, 5.41) is 12.9. The Bertz CT molecular complexity index is 599. The van der Waals surface area contributed by atoms with Crippen molar-refractivity contribution >= 4 is 0 Å². The minimum absolute atomic E-state index is 0.530. The Morgan fingerprint density at radius 3 is 2.79 bits per heavy atom. The van der Waals surface area contributed by atoms with Crippen molar-refractivity contribution in [3.63, 3.8) is 0 Å². The van der Waals surface area contributed by atoms with Gasteiger partial charge in [-0.2, -0.15) is 10.4 Å². The van der Waals surface area contributed by atoms with Crippen molar-refractivity contribution in [3.8, 4) is 17.6 Å². The molecule has 0 spiro atoms. The van der Waals surface area contributed by atoms with Crippen molar-refractivity contribution in [1.29, 1.82) is 5.26 Å². The molecule has 19 heavy (non-hydrogen) atoms. The Labute approximate surface area is 112 Å². The molecule has 0 amide bonds. The highest BCUT2D eigenvalue weighted by Gasteiger charge is 2.06. The number of benzene rings is 1. The number of methoxy groups -OCH3 is 1. The largest absolute Gasteiger partial charge is 0.493 e. The van der Waals surface area contributed by atoms with E-state index in [-0.39, 0.29) is 0 Å². The van der Waals surface area contributed by atoms with Gasteiger partial charge in [0.25, 0.3) is 0 Å². The van der Waals surface area contributed by atoms with Crippen LogP contribution in [0.4, 0.5) is 0 Å². The Morgan fingerprint density at radius 1 is 1.32 bits per heavy atom. The van der Waals surface area contributed by atoms with Crippen molar-refractivity contribution < 1.29 is 9.47 Å². The van der Waals surface area contributed by atoms with Gasteiger partial charge in [0.2, 0.25) is 0 Å². The topological polar surface area (TPSA) is 60.1 Å². The molecule has 0 aliphatic rings. The van der Waals surface area contributed by atoms with Crippen LogP contribution in [0.25, 0.3) is 0 Å². The van der Waals surface area contributed by atoms with E-state index in [4.69, 9.17) is 14.7 Å². The number of nitriles is 1. The lowest BCUT2D eigenvalue weighted by Gasteiger charge is -2.10. The number of hydrogen-bond donors (Lipinski definition) is 0. The molecule has 1 heterocycles. The summed E-state index contributed by atoms with van der Waals surface area (Å²) in [6, 6.07) is 9.15. The molecule has 0 bridgehead atoms. The normalized spacial score (nSPS) is 9.95. The van der Waals surface area contributed by atoms with E-state index < -0.39 is 0 Å². The second kappa shape index (κ2) is 5.91. The summed E-state index contributed by atoms with van der Waals surface area (Å²) in [7, 11) is 3.46. The van der Waals surface area contributed by atoms with Crippen molar-refractivity contribution in [2.75, 3.05) is 13.7 Å². The first-order valence-electron chi connectivity index (χ1n) is 5.92. The molecule has 0 aliphatic carbocycles. The maximum Gasteiger partial charge on any atom is 0.162 e. The summed E-state index contributed by atoms with van der Waals surface area (Å²) in [5.41, 5.74) is 1.66. The van der Waals surface area contributed by atoms with Gasteiger partial charge in [-0.05, 0) is 18.2 Å². The van der Waals surface area contributed by atoms with E-state index in [9.17, 15) is 0 Å². The minimum atomic E-state index is 0.530. The molecular weight excluding hydrogens is 242 g/mol. The molecule has 5 heteroatoms. The van der Waals surface area contributed by atoms with E-state index in [1.165, 1.54) is 0 Å². The number of aromatic nitrogens is 2. The number of ether oxygens (including phenoxy) is 2. The molecule has 0 unspecified atom stereocenters. The van der Waals surface area contributed by atoms with Gasteiger partial charge in [-0.1, -0.05) is 0 Å². The van der Waals surface area contributed by atoms with Crippen LogP contribution >= 0.6 is 0 Å². The average Bonchev–Trinajstić information content (AvgIpc) is 2.84. The van der Waals surface area contributed by atoms with Crippen LogP contribution in [0.5, 0.6) is 11.5 Å². The fourth-order valence-electron chi connectivity index (χ4n) is 1.77. The second-order valence-electron chi connectivity index (χ2n) is 4.02. The predicted octanol–water partition coefficient (Wildman–Crippen LogP) is 1.92. The highest BCUT2D eigenvalue weighted by molar-refractivity contribution is 5.46. The third-order valence-electron chi connectivity index (χ3n) is 2.83. The molecule has 0 saturated carbocycles. The van der Waals surface area contributed by atoms with E-state index in [1.54, 1.807) is 31.5 Å². The predicted molar refractivity (Wildman–Crippen MR) is 70.1 cm³/mol. The first kappa shape index (κ1) is 13.0. The van der Waals surface area contributed by atoms with E-state index in [1.807, 2.05) is 17.8 Å². The zero-order valence-corrected chi connectivity index (χ0v) is 11.0. The summed E-state index contributed by atoms with van der Waals surface area (Å²) < 4.78 is 12.7. The molecule has 0 N–H and O–H groups in total. The smallest absolute Gasteiger partial charge is 0.162 e. The molecule has 0 aliphatic heterocycles. The van der Waals surface area contributed by atoms with Gasteiger partial charge in [0, 0.05) is 31.4 Å². The van der Waals surface area contributed by atoms with Crippen LogP contribution in [0.3, 0.4) is 0 Å². The van der Waals surface area contributed by atoms with Crippen LogP contribution in [0, 0.1) is 11.3 Å². The van der Waals surface area contributed by atoms with Gasteiger partial charge < -0.3 is 9.47 Å². The second-order valence-corrected chi connectivity index (χ2v) is 4.02. The summed E-state index contributed by atoms with van der Waals surface area (Å²) in [4.78, 5) is 0. The average molecular weight is 257 g/mol. The molecule has 2 aromatic rings. The standard InChI is InChI=1S/C14H15N3O2/c1-17-12(5-7-16-17)6-8-19-13-4-3-11(10-15)9-14(13)18-2/h3-5,7,9H,6,8H2,1-2H3. The highest BCUT2D eigenvalue weighted by Crippen LogP contribution is 2.27. The quantitative estimate of drug-likeness (QED) is 0.821. The summed E-state index contributed by atoms with van der Waals surface area (Å²) in [5.74, 6) is 1.22. The van der Waals surface area contributed by atoms with Crippen LogP contribution in [0.1, 0.15) is 11.3 Å². The molecule has 1 aromatic heterocycles.